The summed E-state index contributed by atoms with van der Waals surface area (Å²) in [5.74, 6) is 0.0248. The molecule has 0 atom stereocenters. The van der Waals surface area contributed by atoms with Gasteiger partial charge in [-0.25, -0.2) is 0 Å². The van der Waals surface area contributed by atoms with Crippen LogP contribution in [0.4, 0.5) is 11.4 Å². The molecule has 150 valence electrons. The van der Waals surface area contributed by atoms with E-state index in [2.05, 4.69) is 20.8 Å². The minimum Gasteiger partial charge on any atom is -0.326 e. The maximum absolute atomic E-state index is 12.8. The molecule has 0 saturated heterocycles. The van der Waals surface area contributed by atoms with Gasteiger partial charge in [-0.1, -0.05) is 36.0 Å². The van der Waals surface area contributed by atoms with E-state index in [1.807, 2.05) is 44.2 Å². The second-order valence-electron chi connectivity index (χ2n) is 6.32. The molecule has 0 unspecified atom stereocenters. The molecule has 3 rings (SSSR count). The lowest BCUT2D eigenvalue weighted by Crippen LogP contribution is -2.32. The van der Waals surface area contributed by atoms with Gasteiger partial charge in [-0.3, -0.25) is 9.59 Å². The Morgan fingerprint density at radius 2 is 1.97 bits per heavy atom. The highest BCUT2D eigenvalue weighted by molar-refractivity contribution is 7.99. The van der Waals surface area contributed by atoms with Gasteiger partial charge in [0, 0.05) is 24.8 Å². The van der Waals surface area contributed by atoms with Crippen LogP contribution in [0.15, 0.2) is 53.7 Å². The molecule has 0 bridgehead atoms. The van der Waals surface area contributed by atoms with Gasteiger partial charge < -0.3 is 10.2 Å². The smallest absolute Gasteiger partial charge is 0.237 e. The number of para-hydroxylation sites is 1. The molecule has 3 aromatic rings. The Kier molecular flexibility index (Phi) is 6.61. The Morgan fingerprint density at radius 1 is 1.17 bits per heavy atom. The van der Waals surface area contributed by atoms with Gasteiger partial charge in [-0.15, -0.1) is 5.10 Å². The summed E-state index contributed by atoms with van der Waals surface area (Å²) in [6.07, 6.45) is 0. The van der Waals surface area contributed by atoms with Crippen molar-refractivity contribution in [1.82, 2.24) is 20.2 Å². The molecule has 8 nitrogen and oxygen atoms in total. The zero-order valence-electron chi connectivity index (χ0n) is 16.5. The third-order valence-electron chi connectivity index (χ3n) is 4.20. The van der Waals surface area contributed by atoms with Crippen molar-refractivity contribution in [1.29, 1.82) is 0 Å². The van der Waals surface area contributed by atoms with Gasteiger partial charge in [0.15, 0.2) is 0 Å². The van der Waals surface area contributed by atoms with Crippen molar-refractivity contribution in [2.45, 2.75) is 25.9 Å². The van der Waals surface area contributed by atoms with Gasteiger partial charge in [0.25, 0.3) is 0 Å². The number of nitrogens with zero attached hydrogens (tertiary/aromatic N) is 5. The Bertz CT molecular complexity index is 1020. The first kappa shape index (κ1) is 20.5. The number of hydrogen-bond donors (Lipinski definition) is 1. The number of anilines is 2. The Balaban J connectivity index is 1.74. The quantitative estimate of drug-likeness (QED) is 0.602. The van der Waals surface area contributed by atoms with E-state index in [4.69, 9.17) is 0 Å². The first-order valence-corrected chi connectivity index (χ1v) is 10.1. The van der Waals surface area contributed by atoms with Crippen molar-refractivity contribution in [3.05, 3.63) is 54.1 Å². The molecule has 9 heteroatoms. The van der Waals surface area contributed by atoms with Crippen LogP contribution in [-0.2, 0) is 9.59 Å². The van der Waals surface area contributed by atoms with E-state index in [0.29, 0.717) is 23.1 Å². The number of carbonyl (C=O) groups excluding carboxylic acids is 2. The van der Waals surface area contributed by atoms with Crippen LogP contribution in [0.5, 0.6) is 0 Å². The highest BCUT2D eigenvalue weighted by Gasteiger charge is 2.18. The van der Waals surface area contributed by atoms with Gasteiger partial charge in [-0.2, -0.15) is 4.68 Å². The molecule has 1 N–H and O–H groups in total. The number of aryl methyl sites for hydroxylation is 1. The monoisotopic (exact) mass is 410 g/mol. The molecule has 0 radical (unpaired) electrons. The molecular formula is C20H22N6O2S. The fraction of sp³-hybridized carbons (Fsp3) is 0.250. The SMILES string of the molecule is CCN(C(=O)CSc1nnnn1-c1cccc(NC(C)=O)c1)c1ccccc1C. The predicted molar refractivity (Wildman–Crippen MR) is 113 cm³/mol. The summed E-state index contributed by atoms with van der Waals surface area (Å²) >= 11 is 1.27. The maximum atomic E-state index is 12.8. The summed E-state index contributed by atoms with van der Waals surface area (Å²) in [5.41, 5.74) is 3.30. The molecular weight excluding hydrogens is 388 g/mol. The lowest BCUT2D eigenvalue weighted by Gasteiger charge is -2.22. The van der Waals surface area contributed by atoms with Crippen molar-refractivity contribution in [2.75, 3.05) is 22.5 Å². The first-order valence-electron chi connectivity index (χ1n) is 9.14. The van der Waals surface area contributed by atoms with Crippen LogP contribution in [0.1, 0.15) is 19.4 Å². The lowest BCUT2D eigenvalue weighted by atomic mass is 10.2. The van der Waals surface area contributed by atoms with E-state index in [-0.39, 0.29) is 17.6 Å². The molecule has 29 heavy (non-hydrogen) atoms. The van der Waals surface area contributed by atoms with Gasteiger partial charge in [0.05, 0.1) is 11.4 Å². The Morgan fingerprint density at radius 3 is 2.69 bits per heavy atom. The number of thioether (sulfide) groups is 1. The number of hydrogen-bond acceptors (Lipinski definition) is 6. The van der Waals surface area contributed by atoms with Crippen molar-refractivity contribution < 1.29 is 9.59 Å². The van der Waals surface area contributed by atoms with Gasteiger partial charge >= 0.3 is 0 Å². The number of tetrazole rings is 1. The Hall–Kier alpha value is -3.20. The minimum atomic E-state index is -0.157. The highest BCUT2D eigenvalue weighted by atomic mass is 32.2. The molecule has 0 fully saturated rings. The third-order valence-corrected chi connectivity index (χ3v) is 5.10. The number of amides is 2. The van der Waals surface area contributed by atoms with E-state index in [0.717, 1.165) is 11.3 Å². The molecule has 0 aliphatic rings. The second-order valence-corrected chi connectivity index (χ2v) is 7.26. The van der Waals surface area contributed by atoms with Crippen LogP contribution >= 0.6 is 11.8 Å². The number of rotatable bonds is 7. The average Bonchev–Trinajstić information content (AvgIpc) is 3.17. The number of carbonyl (C=O) groups is 2. The van der Waals surface area contributed by atoms with Gasteiger partial charge in [0.1, 0.15) is 0 Å². The molecule has 0 spiro atoms. The summed E-state index contributed by atoms with van der Waals surface area (Å²) in [7, 11) is 0. The largest absolute Gasteiger partial charge is 0.326 e. The topological polar surface area (TPSA) is 93.0 Å². The van der Waals surface area contributed by atoms with E-state index in [1.54, 1.807) is 27.8 Å². The number of aromatic nitrogens is 4. The van der Waals surface area contributed by atoms with Crippen LogP contribution in [-0.4, -0.2) is 44.3 Å². The molecule has 0 aliphatic heterocycles. The van der Waals surface area contributed by atoms with Crippen LogP contribution in [0.25, 0.3) is 5.69 Å². The summed E-state index contributed by atoms with van der Waals surface area (Å²) in [4.78, 5) is 25.9. The molecule has 2 aromatic carbocycles. The highest BCUT2D eigenvalue weighted by Crippen LogP contribution is 2.24. The molecule has 1 heterocycles. The summed E-state index contributed by atoms with van der Waals surface area (Å²) in [5, 5.41) is 15.0. The van der Waals surface area contributed by atoms with E-state index >= 15 is 0 Å². The minimum absolute atomic E-state index is 0.0200. The zero-order chi connectivity index (χ0) is 20.8. The van der Waals surface area contributed by atoms with Gasteiger partial charge in [-0.05, 0) is 54.1 Å². The van der Waals surface area contributed by atoms with E-state index < -0.39 is 0 Å². The first-order chi connectivity index (χ1) is 14.0. The van der Waals surface area contributed by atoms with Crippen LogP contribution in [0.3, 0.4) is 0 Å². The zero-order valence-corrected chi connectivity index (χ0v) is 17.3. The number of nitrogens with one attached hydrogen (secondary N) is 1. The predicted octanol–water partition coefficient (Wildman–Crippen LogP) is 3.07. The molecule has 0 saturated carbocycles. The average molecular weight is 411 g/mol. The van der Waals surface area contributed by atoms with Crippen molar-refractivity contribution >= 4 is 35.0 Å². The number of benzene rings is 2. The van der Waals surface area contributed by atoms with E-state index in [1.165, 1.54) is 18.7 Å². The van der Waals surface area contributed by atoms with Crippen LogP contribution < -0.4 is 10.2 Å². The fourth-order valence-corrected chi connectivity index (χ4v) is 3.67. The van der Waals surface area contributed by atoms with Crippen LogP contribution in [0, 0.1) is 6.92 Å². The molecule has 0 aliphatic carbocycles. The normalized spacial score (nSPS) is 10.6. The van der Waals surface area contributed by atoms with E-state index in [9.17, 15) is 9.59 Å². The molecule has 1 aromatic heterocycles. The fourth-order valence-electron chi connectivity index (χ4n) is 2.90. The standard InChI is InChI=1S/C20H22N6O2S/c1-4-25(18-11-6-5-8-14(18)2)19(28)13-29-20-22-23-24-26(20)17-10-7-9-16(12-17)21-15(3)27/h5-12H,4,13H2,1-3H3,(H,21,27). The van der Waals surface area contributed by atoms with Crippen molar-refractivity contribution in [3.63, 3.8) is 0 Å². The second kappa shape index (κ2) is 9.33. The Labute approximate surface area is 173 Å². The van der Waals surface area contributed by atoms with Crippen LogP contribution in [0.2, 0.25) is 0 Å². The van der Waals surface area contributed by atoms with Crippen molar-refractivity contribution in [3.8, 4) is 5.69 Å². The maximum Gasteiger partial charge on any atom is 0.237 e. The third kappa shape index (κ3) is 5.00. The van der Waals surface area contributed by atoms with Gasteiger partial charge in [0.2, 0.25) is 17.0 Å². The molecule has 2 amide bonds. The summed E-state index contributed by atoms with van der Waals surface area (Å²) < 4.78 is 1.55. The van der Waals surface area contributed by atoms with Crippen molar-refractivity contribution in [2.24, 2.45) is 0 Å². The summed E-state index contributed by atoms with van der Waals surface area (Å²) in [6.45, 7) is 5.96. The summed E-state index contributed by atoms with van der Waals surface area (Å²) in [6, 6.07) is 15.0. The lowest BCUT2D eigenvalue weighted by molar-refractivity contribution is -0.116.